The van der Waals surface area contributed by atoms with Crippen LogP contribution in [0.1, 0.15) is 34.0 Å². The molecule has 1 heterocycles. The van der Waals surface area contributed by atoms with Crippen molar-refractivity contribution in [1.82, 2.24) is 10.2 Å². The first-order valence-electron chi connectivity index (χ1n) is 7.84. The average molecular weight is 406 g/mol. The molecular weight excluding hydrogens is 391 g/mol. The molecule has 2 aromatic carbocycles. The predicted octanol–water partition coefficient (Wildman–Crippen LogP) is 6.55. The summed E-state index contributed by atoms with van der Waals surface area (Å²) in [6.45, 7) is 2.08. The lowest BCUT2D eigenvalue weighted by molar-refractivity contribution is 0.493. The van der Waals surface area contributed by atoms with Crippen LogP contribution >= 0.6 is 34.8 Å². The molecule has 0 saturated heterocycles. The summed E-state index contributed by atoms with van der Waals surface area (Å²) in [6, 6.07) is 16.4. The number of aryl methyl sites for hydroxylation is 1. The molecule has 132 valence electrons. The lowest BCUT2D eigenvalue weighted by atomic mass is 10.1. The molecule has 0 N–H and O–H groups in total. The number of hydrogen-bond donors (Lipinski definition) is 0. The van der Waals surface area contributed by atoms with Crippen LogP contribution in [0.2, 0.25) is 0 Å². The van der Waals surface area contributed by atoms with E-state index in [0.717, 1.165) is 11.1 Å². The van der Waals surface area contributed by atoms with Crippen LogP contribution in [-0.2, 0) is 3.79 Å². The van der Waals surface area contributed by atoms with Crippen LogP contribution in [0, 0.1) is 6.92 Å². The Kier molecular flexibility index (Phi) is 5.82. The van der Waals surface area contributed by atoms with Gasteiger partial charge in [0, 0.05) is 6.08 Å². The zero-order valence-electron chi connectivity index (χ0n) is 13.9. The van der Waals surface area contributed by atoms with E-state index in [1.54, 1.807) is 6.08 Å². The van der Waals surface area contributed by atoms with Gasteiger partial charge in [-0.1, -0.05) is 101 Å². The number of rotatable bonds is 4. The van der Waals surface area contributed by atoms with E-state index >= 15 is 0 Å². The summed E-state index contributed by atoms with van der Waals surface area (Å²) in [7, 11) is 0. The van der Waals surface area contributed by atoms with Gasteiger partial charge in [0.15, 0.2) is 0 Å². The van der Waals surface area contributed by atoms with Crippen LogP contribution in [0.25, 0.3) is 24.3 Å². The topological polar surface area (TPSA) is 38.9 Å². The molecule has 0 aliphatic heterocycles. The van der Waals surface area contributed by atoms with Crippen molar-refractivity contribution in [3.8, 4) is 0 Å². The Hall–Kier alpha value is -2.07. The van der Waals surface area contributed by atoms with E-state index in [1.165, 1.54) is 11.1 Å². The highest BCUT2D eigenvalue weighted by Crippen LogP contribution is 2.37. The lowest BCUT2D eigenvalue weighted by Gasteiger charge is -2.01. The first-order chi connectivity index (χ1) is 12.4. The van der Waals surface area contributed by atoms with Gasteiger partial charge in [0.05, 0.1) is 0 Å². The Labute approximate surface area is 166 Å². The molecule has 0 spiro atoms. The summed E-state index contributed by atoms with van der Waals surface area (Å²) in [6.07, 6.45) is 7.68. The Bertz CT molecular complexity index is 921. The highest BCUT2D eigenvalue weighted by Gasteiger charge is 2.29. The standard InChI is InChI=1S/C20H15Cl3N2O/c1-14-2-4-15(5-3-14)6-7-16-8-10-17(11-9-16)12-13-18-24-25-19(26-18)20(21,22)23/h2-13H,1H3/b7-6+,13-12+. The maximum atomic E-state index is 5.69. The first kappa shape index (κ1) is 18.7. The summed E-state index contributed by atoms with van der Waals surface area (Å²) in [5, 5.41) is 7.52. The second-order valence-corrected chi connectivity index (χ2v) is 7.97. The van der Waals surface area contributed by atoms with Gasteiger partial charge < -0.3 is 4.42 Å². The molecule has 3 rings (SSSR count). The van der Waals surface area contributed by atoms with Gasteiger partial charge >= 0.3 is 0 Å². The van der Waals surface area contributed by atoms with Crippen LogP contribution < -0.4 is 0 Å². The monoisotopic (exact) mass is 404 g/mol. The van der Waals surface area contributed by atoms with Gasteiger partial charge in [-0.15, -0.1) is 10.2 Å². The van der Waals surface area contributed by atoms with Gasteiger partial charge in [-0.2, -0.15) is 0 Å². The highest BCUT2D eigenvalue weighted by atomic mass is 35.6. The third-order valence-corrected chi connectivity index (χ3v) is 4.07. The average Bonchev–Trinajstić information content (AvgIpc) is 3.10. The molecule has 1 aromatic heterocycles. The number of hydrogen-bond acceptors (Lipinski definition) is 3. The van der Waals surface area contributed by atoms with E-state index in [-0.39, 0.29) is 11.8 Å². The SMILES string of the molecule is Cc1ccc(/C=C/c2ccc(/C=C/c3nnc(C(Cl)(Cl)Cl)o3)cc2)cc1. The van der Waals surface area contributed by atoms with E-state index in [0.29, 0.717) is 0 Å². The van der Waals surface area contributed by atoms with Crippen LogP contribution in [0.4, 0.5) is 0 Å². The Morgan fingerprint density at radius 2 is 1.19 bits per heavy atom. The van der Waals surface area contributed by atoms with Gasteiger partial charge in [0.25, 0.3) is 9.68 Å². The van der Waals surface area contributed by atoms with Gasteiger partial charge in [0.1, 0.15) is 0 Å². The summed E-state index contributed by atoms with van der Waals surface area (Å²) in [5.74, 6) is 0.216. The minimum absolute atomic E-state index is 0.0567. The quantitative estimate of drug-likeness (QED) is 0.365. The summed E-state index contributed by atoms with van der Waals surface area (Å²) < 4.78 is 3.56. The number of halogens is 3. The number of alkyl halides is 3. The normalized spacial score (nSPS) is 12.3. The van der Waals surface area contributed by atoms with Crippen molar-refractivity contribution in [3.05, 3.63) is 82.6 Å². The van der Waals surface area contributed by atoms with Crippen molar-refractivity contribution in [2.75, 3.05) is 0 Å². The Morgan fingerprint density at radius 3 is 1.65 bits per heavy atom. The molecule has 0 radical (unpaired) electrons. The smallest absolute Gasteiger partial charge is 0.268 e. The molecule has 0 aliphatic rings. The predicted molar refractivity (Wildman–Crippen MR) is 109 cm³/mol. The van der Waals surface area contributed by atoms with Crippen LogP contribution in [-0.4, -0.2) is 10.2 Å². The molecular formula is C20H15Cl3N2O. The van der Waals surface area contributed by atoms with Gasteiger partial charge in [-0.05, 0) is 29.7 Å². The minimum atomic E-state index is -1.72. The first-order valence-corrected chi connectivity index (χ1v) is 8.97. The molecule has 0 amide bonds. The fourth-order valence-electron chi connectivity index (χ4n) is 2.17. The molecule has 26 heavy (non-hydrogen) atoms. The molecule has 3 nitrogen and oxygen atoms in total. The third-order valence-electron chi connectivity index (χ3n) is 3.58. The van der Waals surface area contributed by atoms with Crippen LogP contribution in [0.5, 0.6) is 0 Å². The minimum Gasteiger partial charge on any atom is -0.417 e. The second kappa shape index (κ2) is 8.09. The molecule has 0 unspecified atom stereocenters. The van der Waals surface area contributed by atoms with Gasteiger partial charge in [-0.25, -0.2) is 0 Å². The molecule has 0 fully saturated rings. The summed E-state index contributed by atoms with van der Waals surface area (Å²) >= 11 is 17.1. The Morgan fingerprint density at radius 1 is 0.731 bits per heavy atom. The Balaban J connectivity index is 1.65. The van der Waals surface area contributed by atoms with E-state index in [4.69, 9.17) is 39.2 Å². The van der Waals surface area contributed by atoms with Crippen LogP contribution in [0.3, 0.4) is 0 Å². The molecule has 6 heteroatoms. The van der Waals surface area contributed by atoms with Crippen molar-refractivity contribution >= 4 is 59.1 Å². The molecule has 0 bridgehead atoms. The number of nitrogens with zero attached hydrogens (tertiary/aromatic N) is 2. The fourth-order valence-corrected chi connectivity index (χ4v) is 2.40. The van der Waals surface area contributed by atoms with E-state index in [2.05, 4.69) is 53.5 Å². The van der Waals surface area contributed by atoms with Crippen molar-refractivity contribution in [3.63, 3.8) is 0 Å². The van der Waals surface area contributed by atoms with Gasteiger partial charge in [-0.3, -0.25) is 0 Å². The van der Waals surface area contributed by atoms with Crippen LogP contribution in [0.15, 0.2) is 52.9 Å². The number of aromatic nitrogens is 2. The molecule has 0 aliphatic carbocycles. The van der Waals surface area contributed by atoms with E-state index in [9.17, 15) is 0 Å². The van der Waals surface area contributed by atoms with E-state index < -0.39 is 3.79 Å². The van der Waals surface area contributed by atoms with Crippen molar-refractivity contribution in [2.45, 2.75) is 10.7 Å². The summed E-state index contributed by atoms with van der Waals surface area (Å²) in [4.78, 5) is 0. The van der Waals surface area contributed by atoms with Gasteiger partial charge in [0.2, 0.25) is 5.89 Å². The highest BCUT2D eigenvalue weighted by molar-refractivity contribution is 6.66. The van der Waals surface area contributed by atoms with Crippen molar-refractivity contribution in [2.24, 2.45) is 0 Å². The molecule has 0 saturated carbocycles. The zero-order valence-corrected chi connectivity index (χ0v) is 16.1. The number of benzene rings is 2. The van der Waals surface area contributed by atoms with Crippen molar-refractivity contribution < 1.29 is 4.42 Å². The largest absolute Gasteiger partial charge is 0.417 e. The maximum absolute atomic E-state index is 5.69. The second-order valence-electron chi connectivity index (χ2n) is 5.69. The maximum Gasteiger partial charge on any atom is 0.268 e. The molecule has 0 atom stereocenters. The van der Waals surface area contributed by atoms with Crippen molar-refractivity contribution in [1.29, 1.82) is 0 Å². The lowest BCUT2D eigenvalue weighted by Crippen LogP contribution is -1.99. The fraction of sp³-hybridized carbons (Fsp3) is 0.100. The third kappa shape index (κ3) is 5.21. The van der Waals surface area contributed by atoms with E-state index in [1.807, 2.05) is 30.3 Å². The zero-order chi connectivity index (χ0) is 18.6. The summed E-state index contributed by atoms with van der Waals surface area (Å²) in [5.41, 5.74) is 4.52. The molecule has 3 aromatic rings.